The van der Waals surface area contributed by atoms with Crippen molar-refractivity contribution in [1.29, 1.82) is 5.26 Å². The molecule has 0 amide bonds. The zero-order valence-electron chi connectivity index (χ0n) is 11.5. The molecule has 0 saturated heterocycles. The molecule has 0 unspecified atom stereocenters. The van der Waals surface area contributed by atoms with Crippen LogP contribution >= 0.6 is 0 Å². The summed E-state index contributed by atoms with van der Waals surface area (Å²) in [6.07, 6.45) is -1.11. The number of rotatable bonds is 4. The number of hydrogen-bond acceptors (Lipinski definition) is 4. The summed E-state index contributed by atoms with van der Waals surface area (Å²) < 4.78 is 38.3. The summed E-state index contributed by atoms with van der Waals surface area (Å²) in [5.41, 5.74) is -0.349. The fraction of sp³-hybridized carbons (Fsp3) is 0.143. The summed E-state index contributed by atoms with van der Waals surface area (Å²) in [6, 6.07) is 7.34. The maximum atomic E-state index is 12.5. The van der Waals surface area contributed by atoms with Gasteiger partial charge in [0, 0.05) is 18.5 Å². The lowest BCUT2D eigenvalue weighted by atomic mass is 10.1. The molecule has 1 heterocycles. The number of para-hydroxylation sites is 1. The minimum Gasteiger partial charge on any atom is -0.321 e. The first-order valence-corrected chi connectivity index (χ1v) is 6.25. The second-order valence-electron chi connectivity index (χ2n) is 4.48. The summed E-state index contributed by atoms with van der Waals surface area (Å²) in [5.74, 6) is -0.206. The van der Waals surface area contributed by atoms with E-state index in [1.54, 1.807) is 6.07 Å². The molecule has 118 valence electrons. The molecule has 0 atom stereocenters. The van der Waals surface area contributed by atoms with Crippen molar-refractivity contribution in [3.8, 4) is 6.07 Å². The number of benzene rings is 1. The Morgan fingerprint density at radius 3 is 2.74 bits per heavy atom. The number of nitro benzene ring substituents is 1. The van der Waals surface area contributed by atoms with Crippen molar-refractivity contribution in [3.63, 3.8) is 0 Å². The van der Waals surface area contributed by atoms with Crippen LogP contribution in [-0.2, 0) is 6.54 Å². The molecule has 1 aromatic carbocycles. The maximum Gasteiger partial charge on any atom is 0.406 e. The Morgan fingerprint density at radius 1 is 1.43 bits per heavy atom. The Kier molecular flexibility index (Phi) is 4.45. The zero-order chi connectivity index (χ0) is 17.0. The first kappa shape index (κ1) is 16.2. The predicted octanol–water partition coefficient (Wildman–Crippen LogP) is 3.42. The largest absolute Gasteiger partial charge is 0.406 e. The maximum absolute atomic E-state index is 12.5. The van der Waals surface area contributed by atoms with Gasteiger partial charge in [-0.05, 0) is 12.1 Å². The highest BCUT2D eigenvalue weighted by molar-refractivity contribution is 5.89. The van der Waals surface area contributed by atoms with Crippen LogP contribution in [0.3, 0.4) is 0 Å². The fourth-order valence-corrected chi connectivity index (χ4v) is 1.95. The lowest BCUT2D eigenvalue weighted by molar-refractivity contribution is -0.385. The molecular formula is C14H9F3N4O2. The predicted molar refractivity (Wildman–Crippen MR) is 74.9 cm³/mol. The van der Waals surface area contributed by atoms with E-state index in [1.807, 2.05) is 0 Å². The third kappa shape index (κ3) is 3.94. The number of alkyl halides is 3. The summed E-state index contributed by atoms with van der Waals surface area (Å²) in [7, 11) is 0. The van der Waals surface area contributed by atoms with Gasteiger partial charge in [0.05, 0.1) is 16.1 Å². The topological polar surface area (TPSA) is 84.8 Å². The SMILES string of the molecule is N#CC(=Cc1ccccc1[N+](=O)[O-])c1nccn1CC(F)(F)F. The van der Waals surface area contributed by atoms with Gasteiger partial charge >= 0.3 is 6.18 Å². The first-order chi connectivity index (χ1) is 10.8. The van der Waals surface area contributed by atoms with Crippen LogP contribution in [0, 0.1) is 21.4 Å². The Labute approximate surface area is 128 Å². The van der Waals surface area contributed by atoms with Crippen molar-refractivity contribution in [2.24, 2.45) is 0 Å². The Balaban J connectivity index is 2.49. The quantitative estimate of drug-likeness (QED) is 0.490. The molecule has 2 rings (SSSR count). The molecule has 1 aromatic heterocycles. The molecule has 9 heteroatoms. The van der Waals surface area contributed by atoms with Crippen molar-refractivity contribution in [2.75, 3.05) is 0 Å². The highest BCUT2D eigenvalue weighted by Gasteiger charge is 2.29. The van der Waals surface area contributed by atoms with Gasteiger partial charge in [0.15, 0.2) is 5.82 Å². The highest BCUT2D eigenvalue weighted by atomic mass is 19.4. The first-order valence-electron chi connectivity index (χ1n) is 6.25. The van der Waals surface area contributed by atoms with E-state index in [2.05, 4.69) is 4.98 Å². The van der Waals surface area contributed by atoms with Crippen LogP contribution < -0.4 is 0 Å². The average Bonchev–Trinajstić information content (AvgIpc) is 2.90. The number of imidazole rings is 1. The molecular weight excluding hydrogens is 313 g/mol. The van der Waals surface area contributed by atoms with E-state index >= 15 is 0 Å². The van der Waals surface area contributed by atoms with Crippen molar-refractivity contribution in [3.05, 3.63) is 58.2 Å². The summed E-state index contributed by atoms with van der Waals surface area (Å²) in [4.78, 5) is 14.1. The van der Waals surface area contributed by atoms with Gasteiger partial charge in [-0.2, -0.15) is 18.4 Å². The van der Waals surface area contributed by atoms with Gasteiger partial charge in [0.25, 0.3) is 5.69 Å². The van der Waals surface area contributed by atoms with E-state index in [-0.39, 0.29) is 22.6 Å². The molecule has 0 fully saturated rings. The van der Waals surface area contributed by atoms with Gasteiger partial charge < -0.3 is 4.57 Å². The van der Waals surface area contributed by atoms with Gasteiger partial charge in [-0.15, -0.1) is 0 Å². The highest BCUT2D eigenvalue weighted by Crippen LogP contribution is 2.25. The monoisotopic (exact) mass is 322 g/mol. The third-order valence-corrected chi connectivity index (χ3v) is 2.86. The number of hydrogen-bond donors (Lipinski definition) is 0. The molecule has 0 aliphatic rings. The van der Waals surface area contributed by atoms with Crippen molar-refractivity contribution in [1.82, 2.24) is 9.55 Å². The van der Waals surface area contributed by atoms with Gasteiger partial charge in [0.2, 0.25) is 0 Å². The standard InChI is InChI=1S/C14H9F3N4O2/c15-14(16,17)9-20-6-5-19-13(20)11(8-18)7-10-3-1-2-4-12(10)21(22)23/h1-7H,9H2. The van der Waals surface area contributed by atoms with Crippen LogP contribution in [0.5, 0.6) is 0 Å². The van der Waals surface area contributed by atoms with E-state index in [9.17, 15) is 28.5 Å². The Bertz CT molecular complexity index is 803. The van der Waals surface area contributed by atoms with Gasteiger partial charge in [-0.25, -0.2) is 4.98 Å². The Morgan fingerprint density at radius 2 is 2.13 bits per heavy atom. The number of nitriles is 1. The molecule has 0 spiro atoms. The van der Waals surface area contributed by atoms with Crippen LogP contribution in [-0.4, -0.2) is 20.7 Å². The van der Waals surface area contributed by atoms with Crippen molar-refractivity contribution in [2.45, 2.75) is 12.7 Å². The van der Waals surface area contributed by atoms with Crippen LogP contribution in [0.15, 0.2) is 36.7 Å². The molecule has 0 aliphatic heterocycles. The molecule has 0 N–H and O–H groups in total. The molecule has 0 bridgehead atoms. The van der Waals surface area contributed by atoms with Crippen LogP contribution in [0.2, 0.25) is 0 Å². The Hall–Kier alpha value is -3.15. The number of aromatic nitrogens is 2. The normalized spacial score (nSPS) is 12.0. The smallest absolute Gasteiger partial charge is 0.321 e. The molecule has 23 heavy (non-hydrogen) atoms. The minimum absolute atomic E-state index is 0.107. The van der Waals surface area contributed by atoms with Crippen LogP contribution in [0.25, 0.3) is 11.6 Å². The van der Waals surface area contributed by atoms with E-state index in [4.69, 9.17) is 0 Å². The fourth-order valence-electron chi connectivity index (χ4n) is 1.95. The molecule has 0 radical (unpaired) electrons. The van der Waals surface area contributed by atoms with Gasteiger partial charge in [-0.1, -0.05) is 12.1 Å². The van der Waals surface area contributed by atoms with E-state index in [0.717, 1.165) is 23.0 Å². The van der Waals surface area contributed by atoms with E-state index < -0.39 is 17.6 Å². The molecule has 6 nitrogen and oxygen atoms in total. The molecule has 0 aliphatic carbocycles. The third-order valence-electron chi connectivity index (χ3n) is 2.86. The molecule has 2 aromatic rings. The lowest BCUT2D eigenvalue weighted by Crippen LogP contribution is -2.18. The van der Waals surface area contributed by atoms with E-state index in [1.165, 1.54) is 24.3 Å². The zero-order valence-corrected chi connectivity index (χ0v) is 11.5. The van der Waals surface area contributed by atoms with Crippen molar-refractivity contribution >= 4 is 17.3 Å². The van der Waals surface area contributed by atoms with E-state index in [0.29, 0.717) is 0 Å². The number of nitrogens with zero attached hydrogens (tertiary/aromatic N) is 4. The van der Waals surface area contributed by atoms with Crippen molar-refractivity contribution < 1.29 is 18.1 Å². The number of halogens is 3. The summed E-state index contributed by atoms with van der Waals surface area (Å²) in [6.45, 7) is -1.31. The lowest BCUT2D eigenvalue weighted by Gasteiger charge is -2.10. The van der Waals surface area contributed by atoms with Crippen LogP contribution in [0.1, 0.15) is 11.4 Å². The summed E-state index contributed by atoms with van der Waals surface area (Å²) >= 11 is 0. The number of allylic oxidation sites excluding steroid dienone is 1. The second-order valence-corrected chi connectivity index (χ2v) is 4.48. The van der Waals surface area contributed by atoms with Gasteiger partial charge in [0.1, 0.15) is 12.6 Å². The summed E-state index contributed by atoms with van der Waals surface area (Å²) in [5, 5.41) is 20.1. The second kappa shape index (κ2) is 6.31. The van der Waals surface area contributed by atoms with Gasteiger partial charge in [-0.3, -0.25) is 10.1 Å². The number of nitro groups is 1. The minimum atomic E-state index is -4.48. The average molecular weight is 322 g/mol. The molecule has 0 saturated carbocycles. The van der Waals surface area contributed by atoms with Crippen LogP contribution in [0.4, 0.5) is 18.9 Å².